The van der Waals surface area contributed by atoms with Crippen molar-refractivity contribution in [3.05, 3.63) is 54.1 Å². The summed E-state index contributed by atoms with van der Waals surface area (Å²) in [6, 6.07) is 11.7. The normalized spacial score (nSPS) is 11.0. The van der Waals surface area contributed by atoms with Crippen LogP contribution in [-0.2, 0) is 6.54 Å². The van der Waals surface area contributed by atoms with E-state index >= 15 is 0 Å². The number of hydrogen-bond acceptors (Lipinski definition) is 3. The third kappa shape index (κ3) is 2.52. The van der Waals surface area contributed by atoms with Crippen LogP contribution < -0.4 is 10.5 Å². The summed E-state index contributed by atoms with van der Waals surface area (Å²) >= 11 is 0. The summed E-state index contributed by atoms with van der Waals surface area (Å²) in [5, 5.41) is 0. The lowest BCUT2D eigenvalue weighted by Crippen LogP contribution is -2.11. The third-order valence-electron chi connectivity index (χ3n) is 3.16. The first-order valence-corrected chi connectivity index (χ1v) is 6.44. The van der Waals surface area contributed by atoms with Crippen LogP contribution in [0.5, 0.6) is 5.75 Å². The van der Waals surface area contributed by atoms with E-state index in [1.807, 2.05) is 30.3 Å². The van der Waals surface area contributed by atoms with Gasteiger partial charge in [0.2, 0.25) is 5.95 Å². The largest absolute Gasteiger partial charge is 0.492 e. The van der Waals surface area contributed by atoms with Gasteiger partial charge in [-0.2, -0.15) is 0 Å². The number of aromatic nitrogens is 2. The van der Waals surface area contributed by atoms with E-state index in [0.29, 0.717) is 11.3 Å². The number of rotatable bonds is 4. The van der Waals surface area contributed by atoms with Crippen LogP contribution in [0.15, 0.2) is 42.5 Å². The smallest absolute Gasteiger partial charge is 0.201 e. The minimum absolute atomic E-state index is 0.0594. The van der Waals surface area contributed by atoms with Gasteiger partial charge in [-0.25, -0.2) is 13.8 Å². The molecule has 0 atom stereocenters. The Labute approximate surface area is 119 Å². The minimum Gasteiger partial charge on any atom is -0.492 e. The highest BCUT2D eigenvalue weighted by Crippen LogP contribution is 2.23. The van der Waals surface area contributed by atoms with Gasteiger partial charge < -0.3 is 15.0 Å². The highest BCUT2D eigenvalue weighted by molar-refractivity contribution is 5.79. The van der Waals surface area contributed by atoms with Crippen molar-refractivity contribution >= 4 is 17.0 Å². The standard InChI is InChI=1S/C15H13F2N3O/c16-11-6-7-12-14(13(11)17)20(15(18)19-12)8-9-21-10-4-2-1-3-5-10/h1-7H,8-9H2,(H2,18,19). The lowest BCUT2D eigenvalue weighted by atomic mass is 10.3. The average Bonchev–Trinajstić information content (AvgIpc) is 2.81. The van der Waals surface area contributed by atoms with Crippen LogP contribution in [0.1, 0.15) is 0 Å². The molecule has 0 bridgehead atoms. The Morgan fingerprint density at radius 2 is 1.86 bits per heavy atom. The highest BCUT2D eigenvalue weighted by Gasteiger charge is 2.15. The number of para-hydroxylation sites is 1. The molecule has 21 heavy (non-hydrogen) atoms. The summed E-state index contributed by atoms with van der Waals surface area (Å²) < 4.78 is 34.2. The van der Waals surface area contributed by atoms with Crippen molar-refractivity contribution in [2.75, 3.05) is 12.3 Å². The number of fused-ring (bicyclic) bond motifs is 1. The van der Waals surface area contributed by atoms with Crippen molar-refractivity contribution in [3.63, 3.8) is 0 Å². The second-order valence-corrected chi connectivity index (χ2v) is 4.51. The Balaban J connectivity index is 1.84. The number of nitrogens with two attached hydrogens (primary N) is 1. The molecule has 6 heteroatoms. The third-order valence-corrected chi connectivity index (χ3v) is 3.16. The minimum atomic E-state index is -0.948. The van der Waals surface area contributed by atoms with Gasteiger partial charge in [-0.1, -0.05) is 18.2 Å². The number of imidazole rings is 1. The SMILES string of the molecule is Nc1nc2ccc(F)c(F)c2n1CCOc1ccccc1. The summed E-state index contributed by atoms with van der Waals surface area (Å²) in [7, 11) is 0. The summed E-state index contributed by atoms with van der Waals surface area (Å²) in [4.78, 5) is 4.02. The maximum absolute atomic E-state index is 13.9. The van der Waals surface area contributed by atoms with Gasteiger partial charge in [0.25, 0.3) is 0 Å². The molecule has 0 fully saturated rings. The summed E-state index contributed by atoms with van der Waals surface area (Å²) in [6.07, 6.45) is 0. The van der Waals surface area contributed by atoms with Crippen molar-refractivity contribution in [2.24, 2.45) is 0 Å². The van der Waals surface area contributed by atoms with E-state index in [1.165, 1.54) is 10.6 Å². The van der Waals surface area contributed by atoms with Crippen LogP contribution in [0.4, 0.5) is 14.7 Å². The number of nitrogens with zero attached hydrogens (tertiary/aromatic N) is 2. The highest BCUT2D eigenvalue weighted by atomic mass is 19.2. The van der Waals surface area contributed by atoms with Crippen molar-refractivity contribution in [3.8, 4) is 5.75 Å². The molecule has 0 aliphatic rings. The van der Waals surface area contributed by atoms with Crippen molar-refractivity contribution in [1.29, 1.82) is 0 Å². The van der Waals surface area contributed by atoms with E-state index < -0.39 is 11.6 Å². The monoisotopic (exact) mass is 289 g/mol. The Bertz CT molecular complexity index is 771. The summed E-state index contributed by atoms with van der Waals surface area (Å²) in [5.41, 5.74) is 6.14. The zero-order valence-electron chi connectivity index (χ0n) is 11.1. The van der Waals surface area contributed by atoms with Crippen LogP contribution in [-0.4, -0.2) is 16.2 Å². The maximum atomic E-state index is 13.9. The Morgan fingerprint density at radius 3 is 2.62 bits per heavy atom. The van der Waals surface area contributed by atoms with Gasteiger partial charge in [-0.05, 0) is 24.3 Å². The lowest BCUT2D eigenvalue weighted by molar-refractivity contribution is 0.300. The average molecular weight is 289 g/mol. The fourth-order valence-corrected chi connectivity index (χ4v) is 2.17. The molecule has 0 spiro atoms. The predicted octanol–water partition coefficient (Wildman–Crippen LogP) is 2.98. The Morgan fingerprint density at radius 1 is 1.10 bits per heavy atom. The number of hydrogen-bond donors (Lipinski definition) is 1. The molecule has 0 unspecified atom stereocenters. The number of benzene rings is 2. The fraction of sp³-hybridized carbons (Fsp3) is 0.133. The van der Waals surface area contributed by atoms with Gasteiger partial charge in [0.05, 0.1) is 12.1 Å². The molecule has 4 nitrogen and oxygen atoms in total. The lowest BCUT2D eigenvalue weighted by Gasteiger charge is -2.09. The van der Waals surface area contributed by atoms with E-state index in [2.05, 4.69) is 4.98 Å². The van der Waals surface area contributed by atoms with Crippen LogP contribution in [0, 0.1) is 11.6 Å². The van der Waals surface area contributed by atoms with Gasteiger partial charge in [0.15, 0.2) is 11.6 Å². The zero-order chi connectivity index (χ0) is 14.8. The molecule has 0 radical (unpaired) electrons. The van der Waals surface area contributed by atoms with E-state index in [0.717, 1.165) is 6.07 Å². The van der Waals surface area contributed by atoms with Crippen LogP contribution in [0.2, 0.25) is 0 Å². The fourth-order valence-electron chi connectivity index (χ4n) is 2.17. The molecule has 0 amide bonds. The molecule has 108 valence electrons. The van der Waals surface area contributed by atoms with Gasteiger partial charge in [0, 0.05) is 0 Å². The van der Waals surface area contributed by atoms with Gasteiger partial charge in [-0.3, -0.25) is 0 Å². The molecule has 0 saturated carbocycles. The van der Waals surface area contributed by atoms with E-state index in [4.69, 9.17) is 10.5 Å². The van der Waals surface area contributed by atoms with Gasteiger partial charge >= 0.3 is 0 Å². The van der Waals surface area contributed by atoms with Crippen LogP contribution in [0.25, 0.3) is 11.0 Å². The zero-order valence-corrected chi connectivity index (χ0v) is 11.1. The van der Waals surface area contributed by atoms with E-state index in [1.54, 1.807) is 0 Å². The molecule has 1 aromatic heterocycles. The van der Waals surface area contributed by atoms with E-state index in [-0.39, 0.29) is 24.6 Å². The Hall–Kier alpha value is -2.63. The van der Waals surface area contributed by atoms with Crippen molar-refractivity contribution in [2.45, 2.75) is 6.54 Å². The van der Waals surface area contributed by atoms with Crippen molar-refractivity contribution < 1.29 is 13.5 Å². The first-order chi connectivity index (χ1) is 10.2. The van der Waals surface area contributed by atoms with E-state index in [9.17, 15) is 8.78 Å². The first-order valence-electron chi connectivity index (χ1n) is 6.44. The van der Waals surface area contributed by atoms with Gasteiger partial charge in [-0.15, -0.1) is 0 Å². The first kappa shape index (κ1) is 13.4. The quantitative estimate of drug-likeness (QED) is 0.803. The predicted molar refractivity (Wildman–Crippen MR) is 76.0 cm³/mol. The summed E-state index contributed by atoms with van der Waals surface area (Å²) in [5.74, 6) is -1.04. The van der Waals surface area contributed by atoms with Gasteiger partial charge in [0.1, 0.15) is 17.9 Å². The molecular weight excluding hydrogens is 276 g/mol. The van der Waals surface area contributed by atoms with Crippen LogP contribution in [0.3, 0.4) is 0 Å². The molecule has 0 aliphatic carbocycles. The Kier molecular flexibility index (Phi) is 3.43. The number of ether oxygens (including phenoxy) is 1. The second kappa shape index (κ2) is 5.40. The molecule has 2 aromatic carbocycles. The number of halogens is 2. The number of nitrogen functional groups attached to an aromatic ring is 1. The molecule has 2 N–H and O–H groups in total. The second-order valence-electron chi connectivity index (χ2n) is 4.51. The maximum Gasteiger partial charge on any atom is 0.201 e. The summed E-state index contributed by atoms with van der Waals surface area (Å²) in [6.45, 7) is 0.549. The van der Waals surface area contributed by atoms with Crippen LogP contribution >= 0.6 is 0 Å². The molecule has 1 heterocycles. The molecule has 0 aliphatic heterocycles. The molecule has 3 aromatic rings. The molecular formula is C15H13F2N3O. The van der Waals surface area contributed by atoms with Crippen molar-refractivity contribution in [1.82, 2.24) is 9.55 Å². The molecule has 0 saturated heterocycles. The topological polar surface area (TPSA) is 53.1 Å². The number of anilines is 1. The molecule has 3 rings (SSSR count).